The van der Waals surface area contributed by atoms with Crippen LogP contribution < -0.4 is 11.2 Å². The van der Waals surface area contributed by atoms with E-state index in [1.807, 2.05) is 0 Å². The summed E-state index contributed by atoms with van der Waals surface area (Å²) < 4.78 is 48.0. The first-order valence-electron chi connectivity index (χ1n) is 18.3. The molecular formula is C30H56BN3O18S2. The van der Waals surface area contributed by atoms with Crippen molar-refractivity contribution in [3.05, 3.63) is 0 Å². The van der Waals surface area contributed by atoms with Gasteiger partial charge in [0.2, 0.25) is 0 Å². The smallest absolute Gasteiger partial charge is 0.394 e. The van der Waals surface area contributed by atoms with E-state index in [1.54, 1.807) is 0 Å². The van der Waals surface area contributed by atoms with Crippen molar-refractivity contribution in [1.82, 2.24) is 5.43 Å². The van der Waals surface area contributed by atoms with Crippen LogP contribution in [0.15, 0.2) is 5.00 Å². The van der Waals surface area contributed by atoms with Crippen molar-refractivity contribution in [3.8, 4) is 0 Å². The number of hydrogen-bond donors (Lipinski definition) is 13. The average Bonchev–Trinajstić information content (AvgIpc) is 3.17. The Labute approximate surface area is 322 Å². The molecule has 4 heterocycles. The second-order valence-corrected chi connectivity index (χ2v) is 15.7. The van der Waals surface area contributed by atoms with Crippen molar-refractivity contribution in [2.24, 2.45) is 10.7 Å². The van der Waals surface area contributed by atoms with Crippen LogP contribution in [-0.4, -0.2) is 231 Å². The predicted molar refractivity (Wildman–Crippen MR) is 189 cm³/mol. The minimum Gasteiger partial charge on any atom is -0.394 e. The number of aliphatic hydroxyl groups excluding tert-OH is 11. The van der Waals surface area contributed by atoms with Crippen LogP contribution in [0.25, 0.3) is 0 Å². The molecule has 4 saturated heterocycles. The minimum atomic E-state index is -1.64. The molecule has 0 bridgehead atoms. The number of aliphatic hydroxyl groups is 11. The number of ether oxygens (including phenoxy) is 7. The molecule has 4 fully saturated rings. The Hall–Kier alpha value is -0.395. The number of nitrogens with two attached hydrogens (primary N) is 1. The Morgan fingerprint density at radius 1 is 0.704 bits per heavy atom. The van der Waals surface area contributed by atoms with Crippen molar-refractivity contribution < 1.29 is 89.3 Å². The fourth-order valence-corrected chi connectivity index (χ4v) is 8.64. The van der Waals surface area contributed by atoms with Gasteiger partial charge in [-0.25, -0.2) is 0 Å². The van der Waals surface area contributed by atoms with Gasteiger partial charge >= 0.3 is 188 Å². The van der Waals surface area contributed by atoms with Gasteiger partial charge in [0.15, 0.2) is 0 Å². The third kappa shape index (κ3) is 11.8. The second-order valence-electron chi connectivity index (χ2n) is 13.3. The van der Waals surface area contributed by atoms with Gasteiger partial charge in [-0.05, 0) is 0 Å². The van der Waals surface area contributed by atoms with E-state index in [0.29, 0.717) is 24.3 Å². The summed E-state index contributed by atoms with van der Waals surface area (Å²) in [5.41, 5.74) is 6.57. The second kappa shape index (κ2) is 22.7. The zero-order valence-electron chi connectivity index (χ0n) is 30.4. The number of thioether (sulfide) groups is 2. The summed E-state index contributed by atoms with van der Waals surface area (Å²) in [5, 5.41) is 117. The van der Waals surface area contributed by atoms with E-state index in [4.69, 9.17) is 40.2 Å². The standard InChI is InChI=1S/C30H56BN3O18S2/c31-34-33-9-14-25(23(44)26(27(45)49-14)47-4-2-6-54-30-22(43)20(41)18(39)16(11-36)51-30)52-28-24(13(37)7-12(8-32)48-28)46-3-1-5-53-29-21(42)19(40)17(38)15(10-35)50-29/h12-31,33,35-45H,1-11,32H2/t12?,13-,14?,15?,16?,17-,18-,19-,20-,21?,22?,23-,24?,25+,26?,27-,28+,29-,30-/m0/s1/i31D. The molecule has 8 unspecified atom stereocenters. The molecule has 4 aliphatic heterocycles. The molecule has 314 valence electrons. The maximum atomic E-state index is 11.5. The Balaban J connectivity index is 1.34. The van der Waals surface area contributed by atoms with Crippen LogP contribution in [0.2, 0.25) is 0 Å². The fraction of sp³-hybridized carbons (Fsp3) is 1.00. The zero-order chi connectivity index (χ0) is 40.2. The van der Waals surface area contributed by atoms with Gasteiger partial charge < -0.3 is 50.3 Å². The third-order valence-corrected chi connectivity index (χ3v) is 12.0. The van der Waals surface area contributed by atoms with E-state index in [9.17, 15) is 56.2 Å². The molecule has 14 N–H and O–H groups in total. The van der Waals surface area contributed by atoms with Crippen molar-refractivity contribution in [3.63, 3.8) is 0 Å². The molecular weight excluding hydrogens is 765 g/mol. The van der Waals surface area contributed by atoms with E-state index in [0.717, 1.165) is 31.1 Å². The summed E-state index contributed by atoms with van der Waals surface area (Å²) in [4.78, 5) is 0. The van der Waals surface area contributed by atoms with Gasteiger partial charge in [-0.1, -0.05) is 0 Å². The van der Waals surface area contributed by atoms with Crippen molar-refractivity contribution in [2.45, 2.75) is 134 Å². The molecule has 4 aliphatic rings. The monoisotopic (exact) mass is 822 g/mol. The Bertz CT molecular complexity index is 1140. The first-order valence-corrected chi connectivity index (χ1v) is 19.9. The fourth-order valence-electron chi connectivity index (χ4n) is 6.44. The van der Waals surface area contributed by atoms with E-state index < -0.39 is 128 Å². The number of nitrogens with zero attached hydrogens (tertiary/aromatic N) is 1. The molecule has 0 aromatic heterocycles. The first-order chi connectivity index (χ1) is 26.4. The average molecular weight is 823 g/mol. The third-order valence-electron chi connectivity index (χ3n) is 9.51. The predicted octanol–water partition coefficient (Wildman–Crippen LogP) is -6.91. The summed E-state index contributed by atoms with van der Waals surface area (Å²) in [5.74, 6) is 0.662. The molecule has 54 heavy (non-hydrogen) atoms. The summed E-state index contributed by atoms with van der Waals surface area (Å²) >= 11 is 2.25. The first kappa shape index (κ1) is 44.7. The van der Waals surface area contributed by atoms with Gasteiger partial charge in [0.25, 0.3) is 0 Å². The van der Waals surface area contributed by atoms with E-state index >= 15 is 0 Å². The van der Waals surface area contributed by atoms with Gasteiger partial charge in [-0.3, -0.25) is 0 Å². The Morgan fingerprint density at radius 3 is 1.78 bits per heavy atom. The van der Waals surface area contributed by atoms with Crippen molar-refractivity contribution >= 4 is 31.1 Å². The summed E-state index contributed by atoms with van der Waals surface area (Å²) in [6.07, 6.45) is -21.1. The molecule has 0 spiro atoms. The van der Waals surface area contributed by atoms with Gasteiger partial charge in [-0.15, -0.1) is 11.8 Å². The number of nitrogens with one attached hydrogen (secondary N) is 1. The van der Waals surface area contributed by atoms with Crippen LogP contribution >= 0.6 is 23.5 Å². The normalized spacial score (nSPS) is 44.9. The quantitative estimate of drug-likeness (QED) is 0.0308. The van der Waals surface area contributed by atoms with Gasteiger partial charge in [0.05, 0.1) is 13.2 Å². The number of hydrogen-bond acceptors (Lipinski definition) is 23. The van der Waals surface area contributed by atoms with Crippen LogP contribution in [0, 0.1) is 0 Å². The minimum absolute atomic E-state index is 0.0217. The number of rotatable bonds is 20. The van der Waals surface area contributed by atoms with Crippen molar-refractivity contribution in [1.29, 1.82) is 1.34 Å². The molecule has 0 saturated carbocycles. The molecule has 24 heteroatoms. The summed E-state index contributed by atoms with van der Waals surface area (Å²) in [7, 11) is 0.742. The summed E-state index contributed by atoms with van der Waals surface area (Å²) in [6.45, 7) is -1.18. The van der Waals surface area contributed by atoms with E-state index in [1.165, 1.54) is 0 Å². The van der Waals surface area contributed by atoms with Crippen molar-refractivity contribution in [2.75, 3.05) is 51.0 Å². The van der Waals surface area contributed by atoms with E-state index in [2.05, 4.69) is 10.4 Å². The maximum absolute atomic E-state index is 11.5. The topological polar surface area (TPSA) is 338 Å². The van der Waals surface area contributed by atoms with Crippen LogP contribution in [0.3, 0.4) is 0 Å². The molecule has 0 radical (unpaired) electrons. The molecule has 21 nitrogen and oxygen atoms in total. The zero-order valence-corrected chi connectivity index (χ0v) is 31.1. The molecule has 0 aromatic rings. The van der Waals surface area contributed by atoms with Gasteiger partial charge in [-0.2, -0.15) is 0 Å². The summed E-state index contributed by atoms with van der Waals surface area (Å²) in [6, 6.07) is 0. The van der Waals surface area contributed by atoms with Gasteiger partial charge in [0.1, 0.15) is 59.7 Å². The molecule has 0 aliphatic carbocycles. The SMILES string of the molecule is [2H]B=NNCC1O[C@H](O)C(OCCCS[C@@H]2OC(CO)[C@H](O)[C@H](O)C2O)[C@@H](O)[C@@H]1O[C@H]1OC(CN)C[C@H](O)C1OCCCS[C@@H]1OC(CO)[C@H](O)[C@H](O)C1O. The van der Waals surface area contributed by atoms with Crippen LogP contribution in [-0.2, 0) is 33.2 Å². The molecule has 19 atom stereocenters. The Morgan fingerprint density at radius 2 is 1.26 bits per heavy atom. The molecule has 4 rings (SSSR count). The van der Waals surface area contributed by atoms with Crippen LogP contribution in [0.4, 0.5) is 0 Å². The van der Waals surface area contributed by atoms with E-state index in [-0.39, 0.29) is 32.7 Å². The Kier molecular flexibility index (Phi) is 18.8. The molecule has 0 amide bonds. The van der Waals surface area contributed by atoms with Crippen LogP contribution in [0.5, 0.6) is 0 Å². The van der Waals surface area contributed by atoms with Crippen LogP contribution in [0.1, 0.15) is 19.3 Å². The van der Waals surface area contributed by atoms with Gasteiger partial charge in [0, 0.05) is 0 Å². The molecule has 0 aromatic carbocycles.